The molecule has 2 N–H and O–H groups in total. The number of nitrogens with one attached hydrogen (secondary N) is 2. The average Bonchev–Trinajstić information content (AvgIpc) is 1.97. The van der Waals surface area contributed by atoms with Crippen molar-refractivity contribution in [2.24, 2.45) is 0 Å². The first kappa shape index (κ1) is 9.36. The van der Waals surface area contributed by atoms with Gasteiger partial charge in [0.15, 0.2) is 0 Å². The highest BCUT2D eigenvalue weighted by Crippen LogP contribution is 2.21. The Balaban J connectivity index is 3.24. The van der Waals surface area contributed by atoms with Crippen molar-refractivity contribution in [3.63, 3.8) is 0 Å². The maximum Gasteiger partial charge on any atom is 0.698 e. The lowest BCUT2D eigenvalue weighted by Gasteiger charge is -1.80. The summed E-state index contributed by atoms with van der Waals surface area (Å²) in [7, 11) is -2.14. The maximum absolute atomic E-state index is 10.5. The molecule has 0 aromatic heterocycles. The van der Waals surface area contributed by atoms with Crippen molar-refractivity contribution < 1.29 is 13.6 Å². The predicted molar refractivity (Wildman–Crippen MR) is 37.1 cm³/mol. The van der Waals surface area contributed by atoms with Crippen molar-refractivity contribution in [2.45, 2.75) is 0 Å². The second kappa shape index (κ2) is 6.48. The van der Waals surface area contributed by atoms with Gasteiger partial charge in [-0.15, -0.1) is 9.05 Å². The second-order valence-electron chi connectivity index (χ2n) is 1.22. The van der Waals surface area contributed by atoms with E-state index in [1.54, 1.807) is 0 Å². The standard InChI is InChI=1S/C4H8N2O3P/c5-1-3-8-10(7)9-4-2-6/h1-2,5-6H,3-4H2/q+1. The van der Waals surface area contributed by atoms with Crippen LogP contribution in [0.25, 0.3) is 0 Å². The molecule has 0 fully saturated rings. The fraction of sp³-hybridized carbons (Fsp3) is 0.500. The Morgan fingerprint density at radius 2 is 1.60 bits per heavy atom. The van der Waals surface area contributed by atoms with E-state index in [0.29, 0.717) is 0 Å². The molecule has 0 amide bonds. The summed E-state index contributed by atoms with van der Waals surface area (Å²) >= 11 is 0. The highest BCUT2D eigenvalue weighted by atomic mass is 31.1. The minimum Gasteiger partial charge on any atom is -0.310 e. The van der Waals surface area contributed by atoms with Crippen LogP contribution in [0.4, 0.5) is 0 Å². The van der Waals surface area contributed by atoms with Gasteiger partial charge < -0.3 is 10.8 Å². The average molecular weight is 163 g/mol. The summed E-state index contributed by atoms with van der Waals surface area (Å²) in [5.41, 5.74) is 0. The van der Waals surface area contributed by atoms with Gasteiger partial charge in [-0.05, 0) is 0 Å². The van der Waals surface area contributed by atoms with Crippen LogP contribution < -0.4 is 0 Å². The van der Waals surface area contributed by atoms with Crippen molar-refractivity contribution >= 4 is 20.7 Å². The van der Waals surface area contributed by atoms with Gasteiger partial charge >= 0.3 is 8.25 Å². The molecule has 0 bridgehead atoms. The third-order valence-electron chi connectivity index (χ3n) is 0.527. The Morgan fingerprint density at radius 3 is 1.90 bits per heavy atom. The highest BCUT2D eigenvalue weighted by Gasteiger charge is 2.17. The van der Waals surface area contributed by atoms with Gasteiger partial charge in [0, 0.05) is 17.0 Å². The van der Waals surface area contributed by atoms with Crippen LogP contribution >= 0.6 is 8.25 Å². The summed E-state index contributed by atoms with van der Waals surface area (Å²) in [5, 5.41) is 13.0. The van der Waals surface area contributed by atoms with Gasteiger partial charge in [-0.25, -0.2) is 0 Å². The Labute approximate surface area is 59.3 Å². The molecule has 0 aliphatic heterocycles. The third kappa shape index (κ3) is 5.50. The molecule has 56 valence electrons. The van der Waals surface area contributed by atoms with Gasteiger partial charge in [0.25, 0.3) is 0 Å². The first-order chi connectivity index (χ1) is 4.81. The predicted octanol–water partition coefficient (Wildman–Crippen LogP) is 0.976. The van der Waals surface area contributed by atoms with Crippen molar-refractivity contribution in [1.82, 2.24) is 0 Å². The van der Waals surface area contributed by atoms with Gasteiger partial charge in [-0.1, -0.05) is 0 Å². The van der Waals surface area contributed by atoms with Gasteiger partial charge in [0.2, 0.25) is 0 Å². The first-order valence-corrected chi connectivity index (χ1v) is 3.61. The summed E-state index contributed by atoms with van der Waals surface area (Å²) in [5.74, 6) is 0. The van der Waals surface area contributed by atoms with E-state index >= 15 is 0 Å². The maximum atomic E-state index is 10.5. The zero-order valence-corrected chi connectivity index (χ0v) is 6.14. The quantitative estimate of drug-likeness (QED) is 0.452. The molecule has 0 aromatic carbocycles. The molecule has 0 radical (unpaired) electrons. The largest absolute Gasteiger partial charge is 0.698 e. The van der Waals surface area contributed by atoms with E-state index in [2.05, 4.69) is 9.05 Å². The monoisotopic (exact) mass is 163 g/mol. The van der Waals surface area contributed by atoms with E-state index in [4.69, 9.17) is 10.8 Å². The van der Waals surface area contributed by atoms with Crippen LogP contribution in [0, 0.1) is 10.8 Å². The van der Waals surface area contributed by atoms with Crippen molar-refractivity contribution in [1.29, 1.82) is 10.8 Å². The molecule has 0 spiro atoms. The van der Waals surface area contributed by atoms with Crippen LogP contribution in [0.15, 0.2) is 0 Å². The summed E-state index contributed by atoms with van der Waals surface area (Å²) < 4.78 is 19.3. The molecule has 0 heterocycles. The third-order valence-corrected chi connectivity index (χ3v) is 1.25. The van der Waals surface area contributed by atoms with Crippen LogP contribution in [-0.4, -0.2) is 25.6 Å². The van der Waals surface area contributed by atoms with Gasteiger partial charge in [-0.3, -0.25) is 0 Å². The minimum absolute atomic E-state index is 0.0206. The molecule has 0 saturated heterocycles. The number of hydrogen-bond donors (Lipinski definition) is 2. The Kier molecular flexibility index (Phi) is 6.06. The summed E-state index contributed by atoms with van der Waals surface area (Å²) in [4.78, 5) is 0. The molecular formula is C4H8N2O3P+. The minimum atomic E-state index is -2.14. The van der Waals surface area contributed by atoms with Gasteiger partial charge in [0.1, 0.15) is 13.2 Å². The van der Waals surface area contributed by atoms with Crippen LogP contribution in [0.3, 0.4) is 0 Å². The molecule has 10 heavy (non-hydrogen) atoms. The number of hydrogen-bond acceptors (Lipinski definition) is 5. The molecule has 0 aliphatic carbocycles. The van der Waals surface area contributed by atoms with E-state index in [-0.39, 0.29) is 13.2 Å². The smallest absolute Gasteiger partial charge is 0.310 e. The Bertz CT molecular complexity index is 124. The van der Waals surface area contributed by atoms with E-state index in [1.165, 1.54) is 0 Å². The van der Waals surface area contributed by atoms with Gasteiger partial charge in [-0.2, -0.15) is 0 Å². The van der Waals surface area contributed by atoms with Gasteiger partial charge in [0.05, 0.1) is 0 Å². The molecule has 0 rings (SSSR count). The fourth-order valence-corrected chi connectivity index (χ4v) is 0.701. The highest BCUT2D eigenvalue weighted by molar-refractivity contribution is 7.33. The lowest BCUT2D eigenvalue weighted by molar-refractivity contribution is 0.274. The normalized spacial score (nSPS) is 10.6. The summed E-state index contributed by atoms with van der Waals surface area (Å²) in [6.45, 7) is -0.0413. The zero-order valence-electron chi connectivity index (χ0n) is 5.24. The van der Waals surface area contributed by atoms with Crippen molar-refractivity contribution in [2.75, 3.05) is 13.2 Å². The van der Waals surface area contributed by atoms with Crippen molar-refractivity contribution in [3.05, 3.63) is 0 Å². The first-order valence-electron chi connectivity index (χ1n) is 2.52. The lowest BCUT2D eigenvalue weighted by atomic mass is 10.8. The molecule has 5 nitrogen and oxygen atoms in total. The van der Waals surface area contributed by atoms with E-state index < -0.39 is 8.25 Å². The molecule has 0 saturated carbocycles. The number of rotatable bonds is 6. The van der Waals surface area contributed by atoms with E-state index in [9.17, 15) is 4.57 Å². The molecule has 0 unspecified atom stereocenters. The Morgan fingerprint density at radius 1 is 1.20 bits per heavy atom. The summed E-state index contributed by atoms with van der Waals surface area (Å²) in [6.07, 6.45) is 1.95. The van der Waals surface area contributed by atoms with Crippen LogP contribution in [0.5, 0.6) is 0 Å². The fourth-order valence-electron chi connectivity index (χ4n) is 0.234. The lowest BCUT2D eigenvalue weighted by Crippen LogP contribution is -1.90. The SMILES string of the molecule is N=CCO[P+](=O)OCC=N. The topological polar surface area (TPSA) is 83.2 Å². The van der Waals surface area contributed by atoms with Crippen LogP contribution in [0.1, 0.15) is 0 Å². The zero-order chi connectivity index (χ0) is 7.82. The second-order valence-corrected chi connectivity index (χ2v) is 2.19. The molecule has 0 aromatic rings. The molecule has 0 atom stereocenters. The van der Waals surface area contributed by atoms with Crippen LogP contribution in [0.2, 0.25) is 0 Å². The van der Waals surface area contributed by atoms with Crippen molar-refractivity contribution in [3.8, 4) is 0 Å². The molecule has 0 aliphatic rings. The molecular weight excluding hydrogens is 155 g/mol. The van der Waals surface area contributed by atoms with E-state index in [1.807, 2.05) is 0 Å². The summed E-state index contributed by atoms with van der Waals surface area (Å²) in [6, 6.07) is 0. The van der Waals surface area contributed by atoms with Crippen LogP contribution in [-0.2, 0) is 13.6 Å². The van der Waals surface area contributed by atoms with E-state index in [0.717, 1.165) is 12.4 Å². The molecule has 6 heteroatoms. The Hall–Kier alpha value is -0.640.